The van der Waals surface area contributed by atoms with E-state index in [9.17, 15) is 14.4 Å². The molecule has 1 aromatic heterocycles. The number of fused-ring (bicyclic) bond motifs is 1. The van der Waals surface area contributed by atoms with Crippen molar-refractivity contribution in [3.8, 4) is 5.69 Å². The Bertz CT molecular complexity index is 952. The fourth-order valence-electron chi connectivity index (χ4n) is 4.11. The van der Waals surface area contributed by atoms with Crippen molar-refractivity contribution in [3.05, 3.63) is 60.2 Å². The van der Waals surface area contributed by atoms with Crippen molar-refractivity contribution in [2.24, 2.45) is 11.8 Å². The number of rotatable bonds is 6. The van der Waals surface area contributed by atoms with Crippen molar-refractivity contribution < 1.29 is 14.4 Å². The van der Waals surface area contributed by atoms with Gasteiger partial charge in [0.25, 0.3) is 0 Å². The lowest BCUT2D eigenvalue weighted by Gasteiger charge is -2.15. The molecule has 7 nitrogen and oxygen atoms in total. The Morgan fingerprint density at radius 1 is 1.14 bits per heavy atom. The zero-order valence-corrected chi connectivity index (χ0v) is 16.4. The molecule has 29 heavy (non-hydrogen) atoms. The Balaban J connectivity index is 1.34. The number of aryl methyl sites for hydroxylation is 1. The molecule has 0 saturated carbocycles. The van der Waals surface area contributed by atoms with Crippen LogP contribution < -0.4 is 5.32 Å². The summed E-state index contributed by atoms with van der Waals surface area (Å²) in [5.74, 6) is -0.0978. The lowest BCUT2D eigenvalue weighted by Crippen LogP contribution is -2.35. The average Bonchev–Trinajstić information content (AvgIpc) is 3.27. The molecule has 3 amide bonds. The lowest BCUT2D eigenvalue weighted by molar-refractivity contribution is -0.140. The van der Waals surface area contributed by atoms with Crippen molar-refractivity contribution >= 4 is 17.7 Å². The van der Waals surface area contributed by atoms with E-state index in [0.717, 1.165) is 17.1 Å². The number of carbonyl (C=O) groups excluding carboxylic acids is 3. The molecule has 0 bridgehead atoms. The molecule has 150 valence electrons. The molecule has 1 saturated heterocycles. The Morgan fingerprint density at radius 2 is 1.83 bits per heavy atom. The second kappa shape index (κ2) is 8.03. The summed E-state index contributed by atoms with van der Waals surface area (Å²) in [6, 6.07) is 7.81. The average molecular weight is 392 g/mol. The van der Waals surface area contributed by atoms with Crippen LogP contribution in [-0.4, -0.2) is 38.7 Å². The largest absolute Gasteiger partial charge is 0.352 e. The van der Waals surface area contributed by atoms with Gasteiger partial charge in [0.05, 0.1) is 17.5 Å². The van der Waals surface area contributed by atoms with Gasteiger partial charge in [0.2, 0.25) is 17.7 Å². The molecule has 0 spiro atoms. The van der Waals surface area contributed by atoms with Crippen LogP contribution in [-0.2, 0) is 20.9 Å². The maximum Gasteiger partial charge on any atom is 0.233 e. The van der Waals surface area contributed by atoms with Crippen LogP contribution in [0.4, 0.5) is 0 Å². The van der Waals surface area contributed by atoms with E-state index in [1.54, 1.807) is 6.20 Å². The van der Waals surface area contributed by atoms with Crippen LogP contribution in [0.25, 0.3) is 5.69 Å². The van der Waals surface area contributed by atoms with Gasteiger partial charge in [0.15, 0.2) is 0 Å². The summed E-state index contributed by atoms with van der Waals surface area (Å²) in [4.78, 5) is 42.9. The number of imidazole rings is 1. The zero-order valence-electron chi connectivity index (χ0n) is 16.4. The normalized spacial score (nSPS) is 20.8. The van der Waals surface area contributed by atoms with Gasteiger partial charge in [-0.15, -0.1) is 0 Å². The number of allylic oxidation sites excluding steroid dienone is 2. The maximum absolute atomic E-state index is 12.5. The Labute approximate surface area is 169 Å². The molecule has 2 aliphatic rings. The quantitative estimate of drug-likeness (QED) is 0.603. The first-order valence-corrected chi connectivity index (χ1v) is 9.91. The molecule has 2 heterocycles. The lowest BCUT2D eigenvalue weighted by atomic mass is 9.85. The summed E-state index contributed by atoms with van der Waals surface area (Å²) in [5.41, 5.74) is 1.93. The number of aromatic nitrogens is 2. The van der Waals surface area contributed by atoms with Crippen molar-refractivity contribution in [1.29, 1.82) is 0 Å². The monoisotopic (exact) mass is 392 g/mol. The van der Waals surface area contributed by atoms with Gasteiger partial charge in [0.1, 0.15) is 5.82 Å². The third-order valence-corrected chi connectivity index (χ3v) is 5.71. The zero-order chi connectivity index (χ0) is 20.4. The van der Waals surface area contributed by atoms with Gasteiger partial charge in [0, 0.05) is 31.9 Å². The van der Waals surface area contributed by atoms with E-state index in [4.69, 9.17) is 0 Å². The SMILES string of the molecule is Cc1nccn1-c1ccccc1CNC(=O)CCN1C(=O)C2CC=CCC2C1=O. The first kappa shape index (κ1) is 19.1. The summed E-state index contributed by atoms with van der Waals surface area (Å²) in [5, 5.41) is 2.90. The number of benzene rings is 1. The Kier molecular flexibility index (Phi) is 5.29. The van der Waals surface area contributed by atoms with Crippen LogP contribution in [0, 0.1) is 18.8 Å². The van der Waals surface area contributed by atoms with Crippen LogP contribution in [0.15, 0.2) is 48.8 Å². The van der Waals surface area contributed by atoms with Crippen molar-refractivity contribution in [3.63, 3.8) is 0 Å². The highest BCUT2D eigenvalue weighted by molar-refractivity contribution is 6.05. The molecule has 1 aromatic carbocycles. The minimum Gasteiger partial charge on any atom is -0.352 e. The molecular formula is C22H24N4O3. The second-order valence-corrected chi connectivity index (χ2v) is 7.48. The van der Waals surface area contributed by atoms with Gasteiger partial charge in [-0.3, -0.25) is 19.3 Å². The minimum absolute atomic E-state index is 0.108. The van der Waals surface area contributed by atoms with E-state index in [1.807, 2.05) is 54.1 Å². The fourth-order valence-corrected chi connectivity index (χ4v) is 4.11. The van der Waals surface area contributed by atoms with Crippen molar-refractivity contribution in [2.45, 2.75) is 32.7 Å². The molecule has 0 radical (unpaired) electrons. The topological polar surface area (TPSA) is 84.3 Å². The third-order valence-electron chi connectivity index (χ3n) is 5.71. The van der Waals surface area contributed by atoms with Crippen molar-refractivity contribution in [2.75, 3.05) is 6.54 Å². The summed E-state index contributed by atoms with van der Waals surface area (Å²) in [7, 11) is 0. The van der Waals surface area contributed by atoms with Gasteiger partial charge in [-0.2, -0.15) is 0 Å². The van der Waals surface area contributed by atoms with Crippen LogP contribution in [0.3, 0.4) is 0 Å². The molecular weight excluding hydrogens is 368 g/mol. The van der Waals surface area contributed by atoms with E-state index in [1.165, 1.54) is 4.90 Å². The smallest absolute Gasteiger partial charge is 0.233 e. The van der Waals surface area contributed by atoms with E-state index < -0.39 is 0 Å². The first-order valence-electron chi connectivity index (χ1n) is 9.91. The fraction of sp³-hybridized carbons (Fsp3) is 0.364. The van der Waals surface area contributed by atoms with Crippen LogP contribution in [0.5, 0.6) is 0 Å². The number of likely N-dealkylation sites (tertiary alicyclic amines) is 1. The molecule has 4 rings (SSSR count). The van der Waals surface area contributed by atoms with Crippen LogP contribution in [0.1, 0.15) is 30.7 Å². The van der Waals surface area contributed by atoms with Crippen LogP contribution in [0.2, 0.25) is 0 Å². The molecule has 2 aromatic rings. The second-order valence-electron chi connectivity index (χ2n) is 7.48. The standard InChI is InChI=1S/C22H24N4O3/c1-15-23-11-13-25(15)19-9-5-2-6-16(19)14-24-20(27)10-12-26-21(28)17-7-3-4-8-18(17)22(26)29/h2-6,9,11,13,17-18H,7-8,10,12,14H2,1H3,(H,24,27). The summed E-state index contributed by atoms with van der Waals surface area (Å²) < 4.78 is 1.97. The van der Waals surface area contributed by atoms with Crippen LogP contribution >= 0.6 is 0 Å². The Hall–Kier alpha value is -3.22. The number of amides is 3. The predicted octanol–water partition coefficient (Wildman–Crippen LogP) is 2.14. The van der Waals surface area contributed by atoms with Gasteiger partial charge < -0.3 is 9.88 Å². The van der Waals surface area contributed by atoms with Gasteiger partial charge in [-0.1, -0.05) is 30.4 Å². The maximum atomic E-state index is 12.5. The first-order chi connectivity index (χ1) is 14.1. The molecule has 1 N–H and O–H groups in total. The van der Waals surface area contributed by atoms with E-state index >= 15 is 0 Å². The number of para-hydroxylation sites is 1. The van der Waals surface area contributed by atoms with E-state index in [-0.39, 0.29) is 42.5 Å². The highest BCUT2D eigenvalue weighted by Crippen LogP contribution is 2.34. The van der Waals surface area contributed by atoms with E-state index in [0.29, 0.717) is 19.4 Å². The molecule has 1 fully saturated rings. The van der Waals surface area contributed by atoms with Gasteiger partial charge in [-0.05, 0) is 31.4 Å². The summed E-state index contributed by atoms with van der Waals surface area (Å²) >= 11 is 0. The summed E-state index contributed by atoms with van der Waals surface area (Å²) in [6.45, 7) is 2.43. The molecule has 1 aliphatic carbocycles. The van der Waals surface area contributed by atoms with Crippen molar-refractivity contribution in [1.82, 2.24) is 19.8 Å². The Morgan fingerprint density at radius 3 is 2.48 bits per heavy atom. The number of nitrogens with one attached hydrogen (secondary N) is 1. The van der Waals surface area contributed by atoms with E-state index in [2.05, 4.69) is 10.3 Å². The van der Waals surface area contributed by atoms with Gasteiger partial charge in [-0.25, -0.2) is 4.98 Å². The highest BCUT2D eigenvalue weighted by atomic mass is 16.2. The highest BCUT2D eigenvalue weighted by Gasteiger charge is 2.46. The minimum atomic E-state index is -0.249. The number of hydrogen-bond donors (Lipinski definition) is 1. The number of nitrogens with zero attached hydrogens (tertiary/aromatic N) is 3. The number of carbonyl (C=O) groups is 3. The molecule has 2 atom stereocenters. The molecule has 7 heteroatoms. The van der Waals surface area contributed by atoms with Gasteiger partial charge >= 0.3 is 0 Å². The molecule has 1 aliphatic heterocycles. The summed E-state index contributed by atoms with van der Waals surface area (Å²) in [6.07, 6.45) is 8.88. The third kappa shape index (κ3) is 3.72. The molecule has 2 unspecified atom stereocenters. The predicted molar refractivity (Wildman–Crippen MR) is 107 cm³/mol. The number of hydrogen-bond acceptors (Lipinski definition) is 4. The number of imide groups is 1.